The standard InChI is InChI=1S/C13H10N4O5/c1-8-6-9(2-4-11(8)17(21)22)13(18)15-12-5-3-10(7-14-12)16(19)20/h2-7H,1H3,(H,14,15,18). The number of amides is 1. The normalized spacial score (nSPS) is 10.0. The molecular formula is C13H10N4O5. The average molecular weight is 302 g/mol. The topological polar surface area (TPSA) is 128 Å². The summed E-state index contributed by atoms with van der Waals surface area (Å²) in [7, 11) is 0. The Hall–Kier alpha value is -3.36. The third-order valence-corrected chi connectivity index (χ3v) is 2.86. The van der Waals surface area contributed by atoms with E-state index < -0.39 is 15.8 Å². The number of hydrogen-bond acceptors (Lipinski definition) is 6. The van der Waals surface area contributed by atoms with Crippen LogP contribution in [0.1, 0.15) is 15.9 Å². The molecule has 0 atom stereocenters. The molecule has 22 heavy (non-hydrogen) atoms. The highest BCUT2D eigenvalue weighted by Gasteiger charge is 2.14. The first-order valence-electron chi connectivity index (χ1n) is 6.05. The first-order chi connectivity index (χ1) is 10.4. The van der Waals surface area contributed by atoms with Gasteiger partial charge >= 0.3 is 0 Å². The molecular weight excluding hydrogens is 292 g/mol. The van der Waals surface area contributed by atoms with Crippen LogP contribution in [0, 0.1) is 27.2 Å². The number of nitrogens with one attached hydrogen (secondary N) is 1. The van der Waals surface area contributed by atoms with Crippen LogP contribution < -0.4 is 5.32 Å². The van der Waals surface area contributed by atoms with Crippen LogP contribution in [0.4, 0.5) is 17.2 Å². The van der Waals surface area contributed by atoms with Crippen LogP contribution in [0.25, 0.3) is 0 Å². The quantitative estimate of drug-likeness (QED) is 0.682. The van der Waals surface area contributed by atoms with Gasteiger partial charge in [-0.05, 0) is 25.1 Å². The van der Waals surface area contributed by atoms with Gasteiger partial charge in [0.2, 0.25) is 0 Å². The van der Waals surface area contributed by atoms with E-state index in [0.29, 0.717) is 5.56 Å². The summed E-state index contributed by atoms with van der Waals surface area (Å²) in [6, 6.07) is 6.47. The third-order valence-electron chi connectivity index (χ3n) is 2.86. The Morgan fingerprint density at radius 2 is 1.86 bits per heavy atom. The molecule has 0 saturated heterocycles. The number of nitrogens with zero attached hydrogens (tertiary/aromatic N) is 3. The summed E-state index contributed by atoms with van der Waals surface area (Å²) in [5.41, 5.74) is 0.312. The number of hydrogen-bond donors (Lipinski definition) is 1. The zero-order chi connectivity index (χ0) is 16.3. The van der Waals surface area contributed by atoms with Crippen LogP contribution in [0.2, 0.25) is 0 Å². The van der Waals surface area contributed by atoms with Crippen LogP contribution >= 0.6 is 0 Å². The lowest BCUT2D eigenvalue weighted by Crippen LogP contribution is -2.13. The lowest BCUT2D eigenvalue weighted by molar-refractivity contribution is -0.385. The molecule has 1 aromatic carbocycles. The van der Waals surface area contributed by atoms with Gasteiger partial charge in [-0.15, -0.1) is 0 Å². The Morgan fingerprint density at radius 3 is 2.36 bits per heavy atom. The molecule has 2 aromatic rings. The molecule has 1 N–H and O–H groups in total. The SMILES string of the molecule is Cc1cc(C(=O)Nc2ccc([N+](=O)[O-])cn2)ccc1[N+](=O)[O-]. The Kier molecular flexibility index (Phi) is 4.07. The van der Waals surface area contributed by atoms with Crippen molar-refractivity contribution in [3.63, 3.8) is 0 Å². The molecule has 0 aliphatic rings. The largest absolute Gasteiger partial charge is 0.307 e. The molecule has 9 nitrogen and oxygen atoms in total. The van der Waals surface area contributed by atoms with E-state index in [1.807, 2.05) is 0 Å². The van der Waals surface area contributed by atoms with Gasteiger partial charge in [0.1, 0.15) is 12.0 Å². The van der Waals surface area contributed by atoms with Gasteiger partial charge in [-0.2, -0.15) is 0 Å². The van der Waals surface area contributed by atoms with Crippen molar-refractivity contribution in [1.82, 2.24) is 4.98 Å². The molecule has 0 fully saturated rings. The Labute approximate surface area is 123 Å². The molecule has 2 rings (SSSR count). The summed E-state index contributed by atoms with van der Waals surface area (Å²) >= 11 is 0. The van der Waals surface area contributed by atoms with E-state index in [0.717, 1.165) is 6.20 Å². The van der Waals surface area contributed by atoms with Gasteiger partial charge in [-0.1, -0.05) is 0 Å². The Balaban J connectivity index is 2.17. The second kappa shape index (κ2) is 5.95. The molecule has 1 heterocycles. The molecule has 0 aliphatic carbocycles. The van der Waals surface area contributed by atoms with E-state index in [-0.39, 0.29) is 22.8 Å². The van der Waals surface area contributed by atoms with Gasteiger partial charge in [-0.25, -0.2) is 4.98 Å². The van der Waals surface area contributed by atoms with Crippen LogP contribution in [0.5, 0.6) is 0 Å². The fourth-order valence-corrected chi connectivity index (χ4v) is 1.76. The van der Waals surface area contributed by atoms with Crippen molar-refractivity contribution in [3.8, 4) is 0 Å². The molecule has 0 bridgehead atoms. The van der Waals surface area contributed by atoms with Crippen molar-refractivity contribution in [3.05, 3.63) is 67.9 Å². The number of rotatable bonds is 4. The van der Waals surface area contributed by atoms with E-state index in [1.54, 1.807) is 0 Å². The summed E-state index contributed by atoms with van der Waals surface area (Å²) in [6.07, 6.45) is 1.02. The van der Waals surface area contributed by atoms with Crippen LogP contribution in [0.15, 0.2) is 36.5 Å². The van der Waals surface area contributed by atoms with Crippen molar-refractivity contribution in [2.45, 2.75) is 6.92 Å². The zero-order valence-electron chi connectivity index (χ0n) is 11.3. The number of pyridine rings is 1. The monoisotopic (exact) mass is 302 g/mol. The number of aryl methyl sites for hydroxylation is 1. The number of benzene rings is 1. The van der Waals surface area contributed by atoms with Gasteiger partial charge in [-0.3, -0.25) is 25.0 Å². The number of nitro benzene ring substituents is 1. The third kappa shape index (κ3) is 3.20. The molecule has 9 heteroatoms. The minimum atomic E-state index is -0.599. The summed E-state index contributed by atoms with van der Waals surface area (Å²) < 4.78 is 0. The second-order valence-corrected chi connectivity index (χ2v) is 4.37. The van der Waals surface area contributed by atoms with Gasteiger partial charge in [0.05, 0.1) is 9.85 Å². The van der Waals surface area contributed by atoms with E-state index in [1.165, 1.54) is 37.3 Å². The number of aromatic nitrogens is 1. The highest BCUT2D eigenvalue weighted by Crippen LogP contribution is 2.19. The van der Waals surface area contributed by atoms with Crippen molar-refractivity contribution < 1.29 is 14.6 Å². The van der Waals surface area contributed by atoms with Gasteiger partial charge < -0.3 is 5.32 Å². The van der Waals surface area contributed by atoms with E-state index >= 15 is 0 Å². The minimum Gasteiger partial charge on any atom is -0.307 e. The highest BCUT2D eigenvalue weighted by molar-refractivity contribution is 6.04. The predicted octanol–water partition coefficient (Wildman–Crippen LogP) is 2.46. The number of nitro groups is 2. The van der Waals surface area contributed by atoms with Crippen molar-refractivity contribution >= 4 is 23.1 Å². The second-order valence-electron chi connectivity index (χ2n) is 4.37. The van der Waals surface area contributed by atoms with E-state index in [9.17, 15) is 25.0 Å². The summed E-state index contributed by atoms with van der Waals surface area (Å²) in [5, 5.41) is 23.7. The average Bonchev–Trinajstić information content (AvgIpc) is 2.47. The summed E-state index contributed by atoms with van der Waals surface area (Å²) in [4.78, 5) is 35.9. The molecule has 0 saturated carbocycles. The molecule has 1 aromatic heterocycles. The molecule has 1 amide bonds. The molecule has 0 spiro atoms. The Morgan fingerprint density at radius 1 is 1.14 bits per heavy atom. The van der Waals surface area contributed by atoms with E-state index in [4.69, 9.17) is 0 Å². The van der Waals surface area contributed by atoms with Crippen LogP contribution in [0.3, 0.4) is 0 Å². The lowest BCUT2D eigenvalue weighted by Gasteiger charge is -2.05. The number of carbonyl (C=O) groups is 1. The summed E-state index contributed by atoms with van der Waals surface area (Å²) in [5.74, 6) is -0.369. The fraction of sp³-hybridized carbons (Fsp3) is 0.0769. The van der Waals surface area contributed by atoms with E-state index in [2.05, 4.69) is 10.3 Å². The highest BCUT2D eigenvalue weighted by atomic mass is 16.6. The van der Waals surface area contributed by atoms with Gasteiger partial charge in [0, 0.05) is 23.3 Å². The van der Waals surface area contributed by atoms with Crippen LogP contribution in [-0.2, 0) is 0 Å². The van der Waals surface area contributed by atoms with Crippen LogP contribution in [-0.4, -0.2) is 20.7 Å². The lowest BCUT2D eigenvalue weighted by atomic mass is 10.1. The maximum absolute atomic E-state index is 12.0. The Bertz CT molecular complexity index is 758. The molecule has 0 aliphatic heterocycles. The van der Waals surface area contributed by atoms with Crippen molar-refractivity contribution in [2.24, 2.45) is 0 Å². The first kappa shape index (κ1) is 15.0. The van der Waals surface area contributed by atoms with Crippen molar-refractivity contribution in [2.75, 3.05) is 5.32 Å². The molecule has 0 radical (unpaired) electrons. The fourth-order valence-electron chi connectivity index (χ4n) is 1.76. The summed E-state index contributed by atoms with van der Waals surface area (Å²) in [6.45, 7) is 1.53. The maximum atomic E-state index is 12.0. The maximum Gasteiger partial charge on any atom is 0.287 e. The predicted molar refractivity (Wildman–Crippen MR) is 76.7 cm³/mol. The smallest absolute Gasteiger partial charge is 0.287 e. The zero-order valence-corrected chi connectivity index (χ0v) is 11.3. The number of anilines is 1. The van der Waals surface area contributed by atoms with Crippen molar-refractivity contribution in [1.29, 1.82) is 0 Å². The molecule has 112 valence electrons. The number of carbonyl (C=O) groups excluding carboxylic acids is 1. The van der Waals surface area contributed by atoms with Gasteiger partial charge in [0.25, 0.3) is 17.3 Å². The first-order valence-corrected chi connectivity index (χ1v) is 6.05. The van der Waals surface area contributed by atoms with Gasteiger partial charge in [0.15, 0.2) is 0 Å². The minimum absolute atomic E-state index is 0.0787. The molecule has 0 unspecified atom stereocenters.